The van der Waals surface area contributed by atoms with Crippen molar-refractivity contribution in [3.63, 3.8) is 0 Å². The summed E-state index contributed by atoms with van der Waals surface area (Å²) in [5.41, 5.74) is 2.99. The van der Waals surface area contributed by atoms with Crippen molar-refractivity contribution >= 4 is 23.2 Å². The second-order valence-electron chi connectivity index (χ2n) is 5.82. The lowest BCUT2D eigenvalue weighted by Crippen LogP contribution is -2.30. The number of hydrogen-bond acceptors (Lipinski definition) is 4. The van der Waals surface area contributed by atoms with E-state index in [9.17, 15) is 9.18 Å². The molecule has 1 N–H and O–H groups in total. The summed E-state index contributed by atoms with van der Waals surface area (Å²) in [6.07, 6.45) is 2.97. The Labute approximate surface area is 151 Å². The van der Waals surface area contributed by atoms with E-state index in [0.717, 1.165) is 11.3 Å². The van der Waals surface area contributed by atoms with Crippen LogP contribution >= 0.6 is 0 Å². The molecule has 1 amide bonds. The third-order valence-electron chi connectivity index (χ3n) is 3.87. The SMILES string of the molecule is CCN(C(=O)c1cnc(Nc2ccc(F)cc2)nc1)c1cccc(C)c1. The lowest BCUT2D eigenvalue weighted by molar-refractivity contribution is 0.0987. The van der Waals surface area contributed by atoms with E-state index in [0.29, 0.717) is 23.7 Å². The van der Waals surface area contributed by atoms with E-state index in [1.54, 1.807) is 17.0 Å². The monoisotopic (exact) mass is 350 g/mol. The van der Waals surface area contributed by atoms with E-state index in [4.69, 9.17) is 0 Å². The number of halogens is 1. The minimum Gasteiger partial charge on any atom is -0.324 e. The molecule has 0 atom stereocenters. The standard InChI is InChI=1S/C20H19FN4O/c1-3-25(18-6-4-5-14(2)11-18)19(26)15-12-22-20(23-13-15)24-17-9-7-16(21)8-10-17/h4-13H,3H2,1-2H3,(H,22,23,24). The number of rotatable bonds is 5. The van der Waals surface area contributed by atoms with Gasteiger partial charge < -0.3 is 10.2 Å². The summed E-state index contributed by atoms with van der Waals surface area (Å²) in [5, 5.41) is 2.97. The average Bonchev–Trinajstić information content (AvgIpc) is 2.65. The van der Waals surface area contributed by atoms with Gasteiger partial charge in [0.2, 0.25) is 5.95 Å². The number of benzene rings is 2. The third-order valence-corrected chi connectivity index (χ3v) is 3.87. The molecule has 0 saturated heterocycles. The van der Waals surface area contributed by atoms with E-state index in [1.807, 2.05) is 38.1 Å². The first-order valence-electron chi connectivity index (χ1n) is 8.30. The van der Waals surface area contributed by atoms with Crippen LogP contribution in [-0.2, 0) is 0 Å². The summed E-state index contributed by atoms with van der Waals surface area (Å²) < 4.78 is 12.9. The minimum absolute atomic E-state index is 0.161. The van der Waals surface area contributed by atoms with Gasteiger partial charge in [0.15, 0.2) is 0 Å². The van der Waals surface area contributed by atoms with Crippen LogP contribution in [0.1, 0.15) is 22.8 Å². The van der Waals surface area contributed by atoms with Gasteiger partial charge >= 0.3 is 0 Å². The Hall–Kier alpha value is -3.28. The fourth-order valence-corrected chi connectivity index (χ4v) is 2.56. The summed E-state index contributed by atoms with van der Waals surface area (Å²) in [4.78, 5) is 22.8. The fourth-order valence-electron chi connectivity index (χ4n) is 2.56. The molecular formula is C20H19FN4O. The van der Waals surface area contributed by atoms with Gasteiger partial charge in [0, 0.05) is 30.3 Å². The van der Waals surface area contributed by atoms with Crippen LogP contribution in [0.4, 0.5) is 21.7 Å². The summed E-state index contributed by atoms with van der Waals surface area (Å²) in [7, 11) is 0. The number of hydrogen-bond donors (Lipinski definition) is 1. The Bertz CT molecular complexity index is 894. The zero-order valence-corrected chi connectivity index (χ0v) is 14.6. The summed E-state index contributed by atoms with van der Waals surface area (Å²) in [6, 6.07) is 13.7. The molecule has 5 nitrogen and oxygen atoms in total. The Kier molecular flexibility index (Phi) is 5.22. The van der Waals surface area contributed by atoms with E-state index in [-0.39, 0.29) is 11.7 Å². The molecule has 1 heterocycles. The Morgan fingerprint density at radius 1 is 1.12 bits per heavy atom. The molecular weight excluding hydrogens is 331 g/mol. The number of aryl methyl sites for hydroxylation is 1. The van der Waals surface area contributed by atoms with Crippen molar-refractivity contribution in [1.82, 2.24) is 9.97 Å². The molecule has 0 radical (unpaired) electrons. The molecule has 26 heavy (non-hydrogen) atoms. The molecule has 3 rings (SSSR count). The quantitative estimate of drug-likeness (QED) is 0.744. The smallest absolute Gasteiger partial charge is 0.261 e. The van der Waals surface area contributed by atoms with Gasteiger partial charge in [-0.05, 0) is 55.8 Å². The highest BCUT2D eigenvalue weighted by Crippen LogP contribution is 2.19. The van der Waals surface area contributed by atoms with Gasteiger partial charge in [0.05, 0.1) is 5.56 Å². The molecule has 0 spiro atoms. The van der Waals surface area contributed by atoms with E-state index in [2.05, 4.69) is 15.3 Å². The molecule has 0 aliphatic heterocycles. The van der Waals surface area contributed by atoms with Gasteiger partial charge in [0.1, 0.15) is 5.82 Å². The fraction of sp³-hybridized carbons (Fsp3) is 0.150. The highest BCUT2D eigenvalue weighted by atomic mass is 19.1. The molecule has 132 valence electrons. The normalized spacial score (nSPS) is 10.4. The van der Waals surface area contributed by atoms with Crippen molar-refractivity contribution in [3.05, 3.63) is 77.9 Å². The molecule has 0 unspecified atom stereocenters. The molecule has 0 aliphatic rings. The lowest BCUT2D eigenvalue weighted by Gasteiger charge is -2.21. The number of anilines is 3. The first-order valence-corrected chi connectivity index (χ1v) is 8.30. The average molecular weight is 350 g/mol. The summed E-state index contributed by atoms with van der Waals surface area (Å²) in [5.74, 6) is -0.133. The van der Waals surface area contributed by atoms with Crippen LogP contribution in [-0.4, -0.2) is 22.4 Å². The maximum Gasteiger partial charge on any atom is 0.261 e. The van der Waals surface area contributed by atoms with Gasteiger partial charge in [0.25, 0.3) is 5.91 Å². The molecule has 6 heteroatoms. The van der Waals surface area contributed by atoms with Gasteiger partial charge in [-0.15, -0.1) is 0 Å². The van der Waals surface area contributed by atoms with Crippen molar-refractivity contribution in [2.45, 2.75) is 13.8 Å². The number of amides is 1. The first-order chi connectivity index (χ1) is 12.6. The predicted molar refractivity (Wildman–Crippen MR) is 100 cm³/mol. The van der Waals surface area contributed by atoms with Gasteiger partial charge in [-0.3, -0.25) is 4.79 Å². The van der Waals surface area contributed by atoms with Crippen LogP contribution < -0.4 is 10.2 Å². The minimum atomic E-state index is -0.312. The first kappa shape index (κ1) is 17.5. The Morgan fingerprint density at radius 3 is 2.42 bits per heavy atom. The number of carbonyl (C=O) groups excluding carboxylic acids is 1. The van der Waals surface area contributed by atoms with E-state index in [1.165, 1.54) is 24.5 Å². The molecule has 0 saturated carbocycles. The molecule has 0 aliphatic carbocycles. The second-order valence-corrected chi connectivity index (χ2v) is 5.82. The molecule has 3 aromatic rings. The molecule has 2 aromatic carbocycles. The van der Waals surface area contributed by atoms with Gasteiger partial charge in [-0.2, -0.15) is 0 Å². The predicted octanol–water partition coefficient (Wildman–Crippen LogP) is 4.33. The van der Waals surface area contributed by atoms with Crippen LogP contribution in [0.25, 0.3) is 0 Å². The summed E-state index contributed by atoms with van der Waals surface area (Å²) >= 11 is 0. The van der Waals surface area contributed by atoms with Crippen molar-refractivity contribution in [2.75, 3.05) is 16.8 Å². The molecule has 1 aromatic heterocycles. The molecule has 0 fully saturated rings. The maximum absolute atomic E-state index is 12.9. The van der Waals surface area contributed by atoms with Gasteiger partial charge in [-0.25, -0.2) is 14.4 Å². The van der Waals surface area contributed by atoms with Crippen molar-refractivity contribution in [2.24, 2.45) is 0 Å². The zero-order valence-electron chi connectivity index (χ0n) is 14.6. The lowest BCUT2D eigenvalue weighted by atomic mass is 10.2. The van der Waals surface area contributed by atoms with Gasteiger partial charge in [-0.1, -0.05) is 12.1 Å². The number of nitrogens with zero attached hydrogens (tertiary/aromatic N) is 3. The second kappa shape index (κ2) is 7.74. The zero-order chi connectivity index (χ0) is 18.5. The third kappa shape index (κ3) is 4.03. The summed E-state index contributed by atoms with van der Waals surface area (Å²) in [6.45, 7) is 4.45. The van der Waals surface area contributed by atoms with Crippen LogP contribution in [0, 0.1) is 12.7 Å². The number of nitrogens with one attached hydrogen (secondary N) is 1. The highest BCUT2D eigenvalue weighted by molar-refractivity contribution is 6.05. The topological polar surface area (TPSA) is 58.1 Å². The Morgan fingerprint density at radius 2 is 1.81 bits per heavy atom. The van der Waals surface area contributed by atoms with Crippen LogP contribution in [0.2, 0.25) is 0 Å². The maximum atomic E-state index is 12.9. The highest BCUT2D eigenvalue weighted by Gasteiger charge is 2.17. The van der Waals surface area contributed by atoms with Crippen molar-refractivity contribution < 1.29 is 9.18 Å². The van der Waals surface area contributed by atoms with Crippen LogP contribution in [0.5, 0.6) is 0 Å². The van der Waals surface area contributed by atoms with E-state index < -0.39 is 0 Å². The molecule has 0 bridgehead atoms. The van der Waals surface area contributed by atoms with Crippen molar-refractivity contribution in [1.29, 1.82) is 0 Å². The largest absolute Gasteiger partial charge is 0.324 e. The van der Waals surface area contributed by atoms with Crippen molar-refractivity contribution in [3.8, 4) is 0 Å². The van der Waals surface area contributed by atoms with Crippen LogP contribution in [0.15, 0.2) is 60.9 Å². The van der Waals surface area contributed by atoms with Crippen LogP contribution in [0.3, 0.4) is 0 Å². The number of carbonyl (C=O) groups is 1. The Balaban J connectivity index is 1.76. The number of aromatic nitrogens is 2. The van der Waals surface area contributed by atoms with E-state index >= 15 is 0 Å².